The number of hydrogen-bond acceptors (Lipinski definition) is 1. The second kappa shape index (κ2) is 6.84. The van der Waals surface area contributed by atoms with Gasteiger partial charge in [0.1, 0.15) is 0 Å². The van der Waals surface area contributed by atoms with Gasteiger partial charge in [-0.05, 0) is 22.7 Å². The molecule has 0 spiro atoms. The van der Waals surface area contributed by atoms with E-state index in [-0.39, 0.29) is 0 Å². The molecule has 20 heavy (non-hydrogen) atoms. The Labute approximate surface area is 138 Å². The van der Waals surface area contributed by atoms with Gasteiger partial charge in [0.2, 0.25) is 0 Å². The van der Waals surface area contributed by atoms with Crippen molar-refractivity contribution in [2.24, 2.45) is 16.2 Å². The topological polar surface area (TPSA) is 40.5 Å². The molecule has 1 rings (SSSR count). The third kappa shape index (κ3) is 7.14. The first-order valence-corrected chi connectivity index (χ1v) is 8.52. The molecule has 0 saturated carbocycles. The molecule has 0 radical (unpaired) electrons. The fraction of sp³-hybridized carbons (Fsp3) is 0.938. The van der Waals surface area contributed by atoms with Crippen LogP contribution in [-0.4, -0.2) is 33.1 Å². The average Bonchev–Trinajstić information content (AvgIpc) is 2.07. The van der Waals surface area contributed by atoms with Gasteiger partial charge in [0.05, 0.1) is 0 Å². The maximum atomic E-state index is 10.0. The summed E-state index contributed by atoms with van der Waals surface area (Å²) in [6.07, 6.45) is 0.488. The van der Waals surface area contributed by atoms with Crippen LogP contribution in [0.5, 0.6) is 0 Å². The molecule has 4 heteroatoms. The van der Waals surface area contributed by atoms with Crippen molar-refractivity contribution in [1.82, 2.24) is 4.90 Å². The Morgan fingerprint density at radius 2 is 1.50 bits per heavy atom. The van der Waals surface area contributed by atoms with Gasteiger partial charge in [-0.3, -0.25) is 0 Å². The monoisotopic (exact) mass is 397 g/mol. The second-order valence-electron chi connectivity index (χ2n) is 8.66. The van der Waals surface area contributed by atoms with Crippen LogP contribution in [0, 0.1) is 16.2 Å². The van der Waals surface area contributed by atoms with Crippen molar-refractivity contribution < 1.29 is 9.90 Å². The van der Waals surface area contributed by atoms with Crippen molar-refractivity contribution in [3.8, 4) is 0 Å². The van der Waals surface area contributed by atoms with Gasteiger partial charge < -0.3 is 10.0 Å². The zero-order chi connectivity index (χ0) is 16.4. The molecule has 0 aromatic carbocycles. The first-order valence-electron chi connectivity index (χ1n) is 7.28. The first-order chi connectivity index (χ1) is 8.66. The standard InChI is InChI=1S/C12H26.C4H6INO2/c1-10(2,3)9-12(7,8)11(4,5)6;5-3-1-6(2-3)4(7)8/h9H2,1-8H3;3H,1-2H2,(H,7,8). The zero-order valence-corrected chi connectivity index (χ0v) is 16.5. The smallest absolute Gasteiger partial charge is 0.407 e. The minimum absolute atomic E-state index is 0.403. The number of likely N-dealkylation sites (tertiary alicyclic amines) is 1. The van der Waals surface area contributed by atoms with E-state index >= 15 is 0 Å². The van der Waals surface area contributed by atoms with Crippen LogP contribution in [0.3, 0.4) is 0 Å². The highest BCUT2D eigenvalue weighted by Gasteiger charge is 2.35. The third-order valence-electron chi connectivity index (χ3n) is 4.11. The van der Waals surface area contributed by atoms with E-state index in [2.05, 4.69) is 78.0 Å². The number of hydrogen-bond donors (Lipinski definition) is 1. The summed E-state index contributed by atoms with van der Waals surface area (Å²) in [5.41, 5.74) is 1.27. The lowest BCUT2D eigenvalue weighted by atomic mass is 9.63. The summed E-state index contributed by atoms with van der Waals surface area (Å²) in [4.78, 5) is 11.4. The fourth-order valence-electron chi connectivity index (χ4n) is 2.17. The van der Waals surface area contributed by atoms with Crippen LogP contribution in [0.25, 0.3) is 0 Å². The van der Waals surface area contributed by atoms with Gasteiger partial charge in [0.25, 0.3) is 0 Å². The predicted molar refractivity (Wildman–Crippen MR) is 94.7 cm³/mol. The molecule has 3 nitrogen and oxygen atoms in total. The van der Waals surface area contributed by atoms with Crippen LogP contribution >= 0.6 is 22.6 Å². The Morgan fingerprint density at radius 1 is 1.10 bits per heavy atom. The minimum atomic E-state index is -0.794. The minimum Gasteiger partial charge on any atom is -0.465 e. The highest BCUT2D eigenvalue weighted by molar-refractivity contribution is 14.1. The number of nitrogens with zero attached hydrogens (tertiary/aromatic N) is 1. The summed E-state index contributed by atoms with van der Waals surface area (Å²) in [5, 5.41) is 8.27. The van der Waals surface area contributed by atoms with Crippen molar-refractivity contribution in [2.45, 2.75) is 65.7 Å². The van der Waals surface area contributed by atoms with Gasteiger partial charge in [-0.15, -0.1) is 0 Å². The molecule has 1 N–H and O–H groups in total. The number of amides is 1. The molecule has 1 aliphatic heterocycles. The summed E-state index contributed by atoms with van der Waals surface area (Å²) < 4.78 is 0.545. The van der Waals surface area contributed by atoms with E-state index in [4.69, 9.17) is 5.11 Å². The largest absolute Gasteiger partial charge is 0.465 e. The molecule has 1 aliphatic rings. The van der Waals surface area contributed by atoms with Crippen molar-refractivity contribution in [3.63, 3.8) is 0 Å². The summed E-state index contributed by atoms with van der Waals surface area (Å²) >= 11 is 2.24. The van der Waals surface area contributed by atoms with E-state index in [0.29, 0.717) is 33.3 Å². The molecule has 0 unspecified atom stereocenters. The lowest BCUT2D eigenvalue weighted by molar-refractivity contribution is 0.0743. The van der Waals surface area contributed by atoms with Gasteiger partial charge in [0.15, 0.2) is 0 Å². The Balaban J connectivity index is 0.000000388. The Bertz CT molecular complexity index is 320. The van der Waals surface area contributed by atoms with Gasteiger partial charge in [-0.1, -0.05) is 78.0 Å². The van der Waals surface area contributed by atoms with Crippen LogP contribution in [-0.2, 0) is 0 Å². The summed E-state index contributed by atoms with van der Waals surface area (Å²) in [6.45, 7) is 20.1. The van der Waals surface area contributed by atoms with Gasteiger partial charge in [-0.25, -0.2) is 4.79 Å². The van der Waals surface area contributed by atoms with Crippen molar-refractivity contribution in [1.29, 1.82) is 0 Å². The van der Waals surface area contributed by atoms with Gasteiger partial charge in [-0.2, -0.15) is 0 Å². The maximum Gasteiger partial charge on any atom is 0.407 e. The van der Waals surface area contributed by atoms with E-state index in [0.717, 1.165) is 0 Å². The lowest BCUT2D eigenvalue weighted by Crippen LogP contribution is -2.49. The number of halogens is 1. The van der Waals surface area contributed by atoms with Crippen LogP contribution in [0.1, 0.15) is 61.8 Å². The second-order valence-corrected chi connectivity index (χ2v) is 10.4. The molecule has 0 aromatic heterocycles. The average molecular weight is 397 g/mol. The lowest BCUT2D eigenvalue weighted by Gasteiger charge is -2.43. The molecule has 0 atom stereocenters. The predicted octanol–water partition coefficient (Wildman–Crippen LogP) is 5.28. The molecular weight excluding hydrogens is 365 g/mol. The molecule has 1 amide bonds. The van der Waals surface area contributed by atoms with Crippen LogP contribution in [0.2, 0.25) is 0 Å². The van der Waals surface area contributed by atoms with E-state index in [1.54, 1.807) is 0 Å². The number of alkyl halides is 1. The molecule has 1 saturated heterocycles. The van der Waals surface area contributed by atoms with Crippen molar-refractivity contribution >= 4 is 28.7 Å². The normalized spacial score (nSPS) is 17.1. The summed E-state index contributed by atoms with van der Waals surface area (Å²) in [6, 6.07) is 0. The zero-order valence-electron chi connectivity index (χ0n) is 14.4. The van der Waals surface area contributed by atoms with Crippen LogP contribution in [0.4, 0.5) is 4.79 Å². The maximum absolute atomic E-state index is 10.0. The Hall–Kier alpha value is 0. The van der Waals surface area contributed by atoms with Crippen molar-refractivity contribution in [2.75, 3.05) is 13.1 Å². The van der Waals surface area contributed by atoms with E-state index in [1.165, 1.54) is 11.3 Å². The van der Waals surface area contributed by atoms with E-state index in [1.807, 2.05) is 0 Å². The van der Waals surface area contributed by atoms with Crippen LogP contribution < -0.4 is 0 Å². The Kier molecular flexibility index (Phi) is 6.84. The van der Waals surface area contributed by atoms with Crippen LogP contribution in [0.15, 0.2) is 0 Å². The summed E-state index contributed by atoms with van der Waals surface area (Å²) in [5.74, 6) is 0. The first kappa shape index (κ1) is 20.0. The highest BCUT2D eigenvalue weighted by atomic mass is 127. The molecule has 1 heterocycles. The van der Waals surface area contributed by atoms with E-state index < -0.39 is 6.09 Å². The number of carbonyl (C=O) groups is 1. The number of rotatable bonds is 1. The van der Waals surface area contributed by atoms with Crippen molar-refractivity contribution in [3.05, 3.63) is 0 Å². The molecule has 120 valence electrons. The fourth-order valence-corrected chi connectivity index (χ4v) is 3.12. The quantitative estimate of drug-likeness (QED) is 0.483. The summed E-state index contributed by atoms with van der Waals surface area (Å²) in [7, 11) is 0. The molecule has 1 fully saturated rings. The molecular formula is C16H32INO2. The number of carboxylic acid groups (broad SMARTS) is 1. The van der Waals surface area contributed by atoms with Gasteiger partial charge >= 0.3 is 6.09 Å². The molecule has 0 bridgehead atoms. The molecule has 0 aromatic rings. The SMILES string of the molecule is CC(C)(C)CC(C)(C)C(C)(C)C.O=C(O)N1CC(I)C1. The Morgan fingerprint density at radius 3 is 1.60 bits per heavy atom. The molecule has 0 aliphatic carbocycles. The highest BCUT2D eigenvalue weighted by Crippen LogP contribution is 2.45. The third-order valence-corrected chi connectivity index (χ3v) is 4.90. The van der Waals surface area contributed by atoms with Gasteiger partial charge in [0, 0.05) is 17.0 Å². The van der Waals surface area contributed by atoms with E-state index in [9.17, 15) is 4.79 Å².